The van der Waals surface area contributed by atoms with Gasteiger partial charge in [-0.25, -0.2) is 0 Å². The summed E-state index contributed by atoms with van der Waals surface area (Å²) in [6.07, 6.45) is 2.06. The van der Waals surface area contributed by atoms with Crippen molar-refractivity contribution in [1.29, 1.82) is 0 Å². The Morgan fingerprint density at radius 2 is 2.06 bits per heavy atom. The Hall–Kier alpha value is -1.35. The van der Waals surface area contributed by atoms with E-state index >= 15 is 0 Å². The molecule has 0 saturated heterocycles. The van der Waals surface area contributed by atoms with Crippen LogP contribution in [0, 0.1) is 0 Å². The van der Waals surface area contributed by atoms with Gasteiger partial charge in [0.05, 0.1) is 11.6 Å². The summed E-state index contributed by atoms with van der Waals surface area (Å²) in [6, 6.07) is 8.52. The molecule has 1 unspecified atom stereocenters. The first-order valence-corrected chi connectivity index (χ1v) is 6.12. The van der Waals surface area contributed by atoms with E-state index in [2.05, 4.69) is 28.8 Å². The fourth-order valence-corrected chi connectivity index (χ4v) is 2.16. The van der Waals surface area contributed by atoms with Crippen LogP contribution in [0.3, 0.4) is 0 Å². The number of hydrogen-bond acceptors (Lipinski definition) is 2. The SMILES string of the molecule is CNC(C)(C)C(=O)NC1CCc2ccccc21. The number of carbonyl (C=O) groups is 1. The summed E-state index contributed by atoms with van der Waals surface area (Å²) in [5.41, 5.74) is 2.12. The molecule has 1 aromatic carbocycles. The third kappa shape index (κ3) is 2.34. The third-order valence-corrected chi connectivity index (χ3v) is 3.63. The van der Waals surface area contributed by atoms with Crippen LogP contribution in [-0.4, -0.2) is 18.5 Å². The Morgan fingerprint density at radius 3 is 2.76 bits per heavy atom. The average Bonchev–Trinajstić information content (AvgIpc) is 2.73. The number of amides is 1. The molecule has 1 aliphatic carbocycles. The van der Waals surface area contributed by atoms with Gasteiger partial charge in [-0.15, -0.1) is 0 Å². The molecule has 1 amide bonds. The summed E-state index contributed by atoms with van der Waals surface area (Å²) in [7, 11) is 1.81. The number of carbonyl (C=O) groups excluding carboxylic acids is 1. The van der Waals surface area contributed by atoms with Gasteiger partial charge in [0.1, 0.15) is 0 Å². The second-order valence-corrected chi connectivity index (χ2v) is 5.14. The quantitative estimate of drug-likeness (QED) is 0.834. The van der Waals surface area contributed by atoms with Crippen LogP contribution in [0.1, 0.15) is 37.4 Å². The first kappa shape index (κ1) is 12.1. The first-order chi connectivity index (χ1) is 8.04. The highest BCUT2D eigenvalue weighted by molar-refractivity contribution is 5.85. The molecule has 0 aromatic heterocycles. The Labute approximate surface area is 103 Å². The van der Waals surface area contributed by atoms with E-state index in [9.17, 15) is 4.79 Å². The molecule has 3 heteroatoms. The van der Waals surface area contributed by atoms with E-state index in [1.54, 1.807) is 0 Å². The number of likely N-dealkylation sites (N-methyl/N-ethyl adjacent to an activating group) is 1. The number of aryl methyl sites for hydroxylation is 1. The molecule has 0 fully saturated rings. The first-order valence-electron chi connectivity index (χ1n) is 6.12. The van der Waals surface area contributed by atoms with Crippen LogP contribution in [-0.2, 0) is 11.2 Å². The highest BCUT2D eigenvalue weighted by Crippen LogP contribution is 2.30. The molecule has 3 nitrogen and oxygen atoms in total. The second-order valence-electron chi connectivity index (χ2n) is 5.14. The van der Waals surface area contributed by atoms with Gasteiger partial charge in [-0.2, -0.15) is 0 Å². The van der Waals surface area contributed by atoms with E-state index in [0.717, 1.165) is 12.8 Å². The Bertz CT molecular complexity index is 426. The lowest BCUT2D eigenvalue weighted by molar-refractivity contribution is -0.127. The maximum Gasteiger partial charge on any atom is 0.240 e. The molecule has 2 rings (SSSR count). The highest BCUT2D eigenvalue weighted by atomic mass is 16.2. The molecule has 92 valence electrons. The molecule has 0 spiro atoms. The largest absolute Gasteiger partial charge is 0.348 e. The van der Waals surface area contributed by atoms with Crippen LogP contribution >= 0.6 is 0 Å². The average molecular weight is 232 g/mol. The number of benzene rings is 1. The fourth-order valence-electron chi connectivity index (χ4n) is 2.16. The van der Waals surface area contributed by atoms with Crippen LogP contribution in [0.25, 0.3) is 0 Å². The summed E-state index contributed by atoms with van der Waals surface area (Å²) in [5.74, 6) is 0.0571. The van der Waals surface area contributed by atoms with E-state index in [0.29, 0.717) is 0 Å². The minimum absolute atomic E-state index is 0.0571. The molecule has 0 saturated carbocycles. The molecule has 0 bridgehead atoms. The van der Waals surface area contributed by atoms with Gasteiger partial charge in [0.25, 0.3) is 0 Å². The van der Waals surface area contributed by atoms with Crippen LogP contribution in [0.2, 0.25) is 0 Å². The molecule has 0 heterocycles. The van der Waals surface area contributed by atoms with E-state index in [1.165, 1.54) is 11.1 Å². The van der Waals surface area contributed by atoms with Gasteiger partial charge in [0, 0.05) is 0 Å². The highest BCUT2D eigenvalue weighted by Gasteiger charge is 2.30. The maximum atomic E-state index is 12.1. The maximum absolute atomic E-state index is 12.1. The standard InChI is InChI=1S/C14H20N2O/c1-14(2,15-3)13(17)16-12-9-8-10-6-4-5-7-11(10)12/h4-7,12,15H,8-9H2,1-3H3,(H,16,17). The van der Waals surface area contributed by atoms with Crippen molar-refractivity contribution in [3.05, 3.63) is 35.4 Å². The van der Waals surface area contributed by atoms with Gasteiger partial charge in [-0.1, -0.05) is 24.3 Å². The minimum atomic E-state index is -0.516. The van der Waals surface area contributed by atoms with Crippen molar-refractivity contribution >= 4 is 5.91 Å². The predicted molar refractivity (Wildman–Crippen MR) is 68.8 cm³/mol. The normalized spacial score (nSPS) is 18.9. The van der Waals surface area contributed by atoms with E-state index in [1.807, 2.05) is 27.0 Å². The van der Waals surface area contributed by atoms with Gasteiger partial charge in [0.15, 0.2) is 0 Å². The molecule has 0 aliphatic heterocycles. The molecule has 2 N–H and O–H groups in total. The van der Waals surface area contributed by atoms with Crippen molar-refractivity contribution in [2.24, 2.45) is 0 Å². The zero-order chi connectivity index (χ0) is 12.5. The Kier molecular flexibility index (Phi) is 3.20. The smallest absolute Gasteiger partial charge is 0.240 e. The molecule has 0 radical (unpaired) electrons. The van der Waals surface area contributed by atoms with Crippen LogP contribution in [0.15, 0.2) is 24.3 Å². The van der Waals surface area contributed by atoms with Crippen molar-refractivity contribution in [2.45, 2.75) is 38.3 Å². The summed E-state index contributed by atoms with van der Waals surface area (Å²) in [6.45, 7) is 3.78. The van der Waals surface area contributed by atoms with Gasteiger partial charge in [-0.05, 0) is 44.9 Å². The number of nitrogens with one attached hydrogen (secondary N) is 2. The fraction of sp³-hybridized carbons (Fsp3) is 0.500. The van der Waals surface area contributed by atoms with Crippen molar-refractivity contribution < 1.29 is 4.79 Å². The van der Waals surface area contributed by atoms with Crippen LogP contribution in [0.4, 0.5) is 0 Å². The van der Waals surface area contributed by atoms with Gasteiger partial charge in [-0.3, -0.25) is 4.79 Å². The van der Waals surface area contributed by atoms with E-state index < -0.39 is 5.54 Å². The zero-order valence-electron chi connectivity index (χ0n) is 10.7. The second kappa shape index (κ2) is 4.49. The number of rotatable bonds is 3. The monoisotopic (exact) mass is 232 g/mol. The summed E-state index contributed by atoms with van der Waals surface area (Å²) < 4.78 is 0. The molecular formula is C14H20N2O. The van der Waals surface area contributed by atoms with Gasteiger partial charge in [0.2, 0.25) is 5.91 Å². The lowest BCUT2D eigenvalue weighted by atomic mass is 10.0. The lowest BCUT2D eigenvalue weighted by Gasteiger charge is -2.25. The molecule has 1 atom stereocenters. The summed E-state index contributed by atoms with van der Waals surface area (Å²) in [5, 5.41) is 6.15. The van der Waals surface area contributed by atoms with Crippen LogP contribution in [0.5, 0.6) is 0 Å². The topological polar surface area (TPSA) is 41.1 Å². The van der Waals surface area contributed by atoms with E-state index in [4.69, 9.17) is 0 Å². The minimum Gasteiger partial charge on any atom is -0.348 e. The van der Waals surface area contributed by atoms with E-state index in [-0.39, 0.29) is 11.9 Å². The van der Waals surface area contributed by atoms with Gasteiger partial charge < -0.3 is 10.6 Å². The van der Waals surface area contributed by atoms with Crippen molar-refractivity contribution in [3.63, 3.8) is 0 Å². The number of hydrogen-bond donors (Lipinski definition) is 2. The zero-order valence-corrected chi connectivity index (χ0v) is 10.7. The Morgan fingerprint density at radius 1 is 1.35 bits per heavy atom. The molecule has 17 heavy (non-hydrogen) atoms. The third-order valence-electron chi connectivity index (χ3n) is 3.63. The van der Waals surface area contributed by atoms with Crippen LogP contribution < -0.4 is 10.6 Å². The van der Waals surface area contributed by atoms with Crippen molar-refractivity contribution in [2.75, 3.05) is 7.05 Å². The van der Waals surface area contributed by atoms with Gasteiger partial charge >= 0.3 is 0 Å². The van der Waals surface area contributed by atoms with Crippen molar-refractivity contribution in [3.8, 4) is 0 Å². The van der Waals surface area contributed by atoms with Crippen molar-refractivity contribution in [1.82, 2.24) is 10.6 Å². The molecule has 1 aromatic rings. The Balaban J connectivity index is 2.10. The number of fused-ring (bicyclic) bond motifs is 1. The predicted octanol–water partition coefficient (Wildman–Crippen LogP) is 1.79. The molecule has 1 aliphatic rings. The molecular weight excluding hydrogens is 212 g/mol. The summed E-state index contributed by atoms with van der Waals surface area (Å²) in [4.78, 5) is 12.1. The summed E-state index contributed by atoms with van der Waals surface area (Å²) >= 11 is 0. The lowest BCUT2D eigenvalue weighted by Crippen LogP contribution is -2.51.